The van der Waals surface area contributed by atoms with Crippen molar-refractivity contribution in [1.82, 2.24) is 4.90 Å². The summed E-state index contributed by atoms with van der Waals surface area (Å²) >= 11 is 0.862. The Balaban J connectivity index is 2.10. The third-order valence-corrected chi connectivity index (χ3v) is 4.40. The smallest absolute Gasteiger partial charge is 0.450 e. The highest BCUT2D eigenvalue weighted by Crippen LogP contribution is 2.31. The molecule has 0 fully saturated rings. The Morgan fingerprint density at radius 2 is 2.00 bits per heavy atom. The minimum Gasteiger partial charge on any atom is -0.450 e. The van der Waals surface area contributed by atoms with Crippen molar-refractivity contribution in [2.45, 2.75) is 25.9 Å². The second kappa shape index (κ2) is 6.05. The van der Waals surface area contributed by atoms with Crippen LogP contribution in [0.15, 0.2) is 6.07 Å². The molecule has 4 nitrogen and oxygen atoms in total. The molecule has 1 aromatic rings. The number of nitrogens with zero attached hydrogens (tertiary/aromatic N) is 1. The summed E-state index contributed by atoms with van der Waals surface area (Å²) in [5.41, 5.74) is 0.708. The number of ketones is 1. The van der Waals surface area contributed by atoms with Gasteiger partial charge < -0.3 is 9.64 Å². The lowest BCUT2D eigenvalue weighted by molar-refractivity contribution is -0.0882. The van der Waals surface area contributed by atoms with E-state index in [4.69, 9.17) is 4.74 Å². The Morgan fingerprint density at radius 1 is 1.33 bits per heavy atom. The Morgan fingerprint density at radius 3 is 2.62 bits per heavy atom. The second-order valence-corrected chi connectivity index (χ2v) is 5.71. The highest BCUT2D eigenvalue weighted by atomic mass is 32.1. The monoisotopic (exact) mass is 321 g/mol. The van der Waals surface area contributed by atoms with E-state index < -0.39 is 18.1 Å². The number of rotatable bonds is 2. The fourth-order valence-corrected chi connectivity index (χ4v) is 3.30. The maximum Gasteiger partial charge on any atom is 0.455 e. The first kappa shape index (κ1) is 15.8. The van der Waals surface area contributed by atoms with Crippen LogP contribution in [-0.4, -0.2) is 42.6 Å². The SMILES string of the molecule is CCOC(=O)N1CCc2cc(C(=O)C(F)(F)F)sc2CC1. The van der Waals surface area contributed by atoms with Crippen LogP contribution >= 0.6 is 11.3 Å². The molecule has 0 spiro atoms. The van der Waals surface area contributed by atoms with Gasteiger partial charge in [0.15, 0.2) is 0 Å². The van der Waals surface area contributed by atoms with E-state index in [0.29, 0.717) is 31.5 Å². The van der Waals surface area contributed by atoms with Gasteiger partial charge in [0.1, 0.15) is 0 Å². The molecule has 21 heavy (non-hydrogen) atoms. The summed E-state index contributed by atoms with van der Waals surface area (Å²) in [4.78, 5) is 24.8. The van der Waals surface area contributed by atoms with E-state index in [1.165, 1.54) is 11.0 Å². The summed E-state index contributed by atoms with van der Waals surface area (Å²) in [5, 5.41) is 0. The molecule has 0 aliphatic carbocycles. The quantitative estimate of drug-likeness (QED) is 0.787. The Bertz CT molecular complexity index is 528. The Labute approximate surface area is 123 Å². The van der Waals surface area contributed by atoms with Crippen molar-refractivity contribution in [3.63, 3.8) is 0 Å². The summed E-state index contributed by atoms with van der Waals surface area (Å²) in [7, 11) is 0. The molecular weight excluding hydrogens is 307 g/mol. The van der Waals surface area contributed by atoms with Crippen LogP contribution in [-0.2, 0) is 17.6 Å². The van der Waals surface area contributed by atoms with E-state index in [1.807, 2.05) is 0 Å². The van der Waals surface area contributed by atoms with Crippen molar-refractivity contribution in [2.75, 3.05) is 19.7 Å². The van der Waals surface area contributed by atoms with Crippen LogP contribution in [0.25, 0.3) is 0 Å². The summed E-state index contributed by atoms with van der Waals surface area (Å²) in [5.74, 6) is -1.80. The molecule has 0 atom stereocenters. The zero-order chi connectivity index (χ0) is 15.6. The van der Waals surface area contributed by atoms with Crippen LogP contribution in [0.1, 0.15) is 27.0 Å². The number of alkyl halides is 3. The van der Waals surface area contributed by atoms with Crippen LogP contribution in [0.4, 0.5) is 18.0 Å². The summed E-state index contributed by atoms with van der Waals surface area (Å²) in [6.45, 7) is 2.75. The zero-order valence-corrected chi connectivity index (χ0v) is 12.1. The minimum absolute atomic E-state index is 0.279. The molecule has 1 aliphatic rings. The lowest BCUT2D eigenvalue weighted by atomic mass is 10.1. The van der Waals surface area contributed by atoms with Gasteiger partial charge in [-0.15, -0.1) is 11.3 Å². The van der Waals surface area contributed by atoms with Gasteiger partial charge in [-0.2, -0.15) is 13.2 Å². The summed E-state index contributed by atoms with van der Waals surface area (Å²) in [6, 6.07) is 1.30. The van der Waals surface area contributed by atoms with Crippen molar-refractivity contribution in [2.24, 2.45) is 0 Å². The van der Waals surface area contributed by atoms with E-state index in [1.54, 1.807) is 6.92 Å². The molecule has 8 heteroatoms. The average Bonchev–Trinajstić information content (AvgIpc) is 2.70. The van der Waals surface area contributed by atoms with Gasteiger partial charge in [-0.05, 0) is 31.4 Å². The van der Waals surface area contributed by atoms with Gasteiger partial charge in [-0.25, -0.2) is 4.79 Å². The molecular formula is C13H14F3NO3S. The number of halogens is 3. The van der Waals surface area contributed by atoms with E-state index in [9.17, 15) is 22.8 Å². The second-order valence-electron chi connectivity index (χ2n) is 4.57. The third-order valence-electron chi connectivity index (χ3n) is 3.16. The first-order valence-electron chi connectivity index (χ1n) is 6.47. The number of hydrogen-bond acceptors (Lipinski definition) is 4. The molecule has 0 saturated heterocycles. The average molecular weight is 321 g/mol. The molecule has 1 aliphatic heterocycles. The van der Waals surface area contributed by atoms with E-state index >= 15 is 0 Å². The standard InChI is InChI=1S/C13H14F3NO3S/c1-2-20-12(19)17-5-3-8-7-10(11(18)13(14,15)16)21-9(8)4-6-17/h7H,2-6H2,1H3. The molecule has 0 unspecified atom stereocenters. The van der Waals surface area contributed by atoms with Crippen LogP contribution in [0.3, 0.4) is 0 Å². The topological polar surface area (TPSA) is 46.6 Å². The van der Waals surface area contributed by atoms with Crippen LogP contribution in [0.2, 0.25) is 0 Å². The molecule has 0 saturated carbocycles. The number of Topliss-reactive ketones (excluding diaryl/α,β-unsaturated/α-hetero) is 1. The van der Waals surface area contributed by atoms with Gasteiger partial charge in [0.25, 0.3) is 5.78 Å². The number of carbonyl (C=O) groups is 2. The summed E-state index contributed by atoms with van der Waals surface area (Å²) in [6.07, 6.45) is -4.40. The predicted molar refractivity (Wildman–Crippen MR) is 70.7 cm³/mol. The molecule has 0 bridgehead atoms. The predicted octanol–water partition coefficient (Wildman–Crippen LogP) is 3.05. The number of fused-ring (bicyclic) bond motifs is 1. The first-order chi connectivity index (χ1) is 9.82. The fraction of sp³-hybridized carbons (Fsp3) is 0.538. The number of carbonyl (C=O) groups excluding carboxylic acids is 2. The van der Waals surface area contributed by atoms with Crippen molar-refractivity contribution in [3.05, 3.63) is 21.4 Å². The minimum atomic E-state index is -4.85. The molecule has 0 radical (unpaired) electrons. The van der Waals surface area contributed by atoms with Crippen molar-refractivity contribution >= 4 is 23.2 Å². The largest absolute Gasteiger partial charge is 0.455 e. The van der Waals surface area contributed by atoms with Gasteiger partial charge in [0, 0.05) is 18.0 Å². The van der Waals surface area contributed by atoms with Crippen LogP contribution in [0, 0.1) is 0 Å². The molecule has 0 N–H and O–H groups in total. The Hall–Kier alpha value is -1.57. The lowest BCUT2D eigenvalue weighted by Gasteiger charge is -2.19. The maximum atomic E-state index is 12.4. The molecule has 2 heterocycles. The highest BCUT2D eigenvalue weighted by Gasteiger charge is 2.40. The molecule has 1 aromatic heterocycles. The number of hydrogen-bond donors (Lipinski definition) is 0. The van der Waals surface area contributed by atoms with Gasteiger partial charge in [-0.1, -0.05) is 0 Å². The van der Waals surface area contributed by atoms with E-state index in [0.717, 1.165) is 16.2 Å². The Kier molecular flexibility index (Phi) is 4.55. The number of amides is 1. The van der Waals surface area contributed by atoms with Crippen LogP contribution < -0.4 is 0 Å². The molecule has 0 aromatic carbocycles. The van der Waals surface area contributed by atoms with Crippen LogP contribution in [0.5, 0.6) is 0 Å². The van der Waals surface area contributed by atoms with E-state index in [-0.39, 0.29) is 11.5 Å². The van der Waals surface area contributed by atoms with Gasteiger partial charge in [0.05, 0.1) is 11.5 Å². The van der Waals surface area contributed by atoms with Crippen molar-refractivity contribution in [1.29, 1.82) is 0 Å². The first-order valence-corrected chi connectivity index (χ1v) is 7.29. The van der Waals surface area contributed by atoms with E-state index in [2.05, 4.69) is 0 Å². The number of ether oxygens (including phenoxy) is 1. The van der Waals surface area contributed by atoms with Crippen molar-refractivity contribution < 1.29 is 27.5 Å². The molecule has 2 rings (SSSR count). The normalized spacial score (nSPS) is 15.3. The molecule has 116 valence electrons. The maximum absolute atomic E-state index is 12.4. The van der Waals surface area contributed by atoms with Crippen molar-refractivity contribution in [3.8, 4) is 0 Å². The van der Waals surface area contributed by atoms with Gasteiger partial charge in [0.2, 0.25) is 0 Å². The zero-order valence-electron chi connectivity index (χ0n) is 11.3. The third kappa shape index (κ3) is 3.55. The number of thiophene rings is 1. The molecule has 1 amide bonds. The van der Waals surface area contributed by atoms with Gasteiger partial charge >= 0.3 is 12.3 Å². The summed E-state index contributed by atoms with van der Waals surface area (Å²) < 4.78 is 42.2. The fourth-order valence-electron chi connectivity index (χ4n) is 2.14. The van der Waals surface area contributed by atoms with Gasteiger partial charge in [-0.3, -0.25) is 4.79 Å². The lowest BCUT2D eigenvalue weighted by Crippen LogP contribution is -2.33. The highest BCUT2D eigenvalue weighted by molar-refractivity contribution is 7.14.